The highest BCUT2D eigenvalue weighted by molar-refractivity contribution is 14.0. The van der Waals surface area contributed by atoms with Crippen LogP contribution in [-0.2, 0) is 13.1 Å². The summed E-state index contributed by atoms with van der Waals surface area (Å²) in [5, 5.41) is 3.21. The average Bonchev–Trinajstić information content (AvgIpc) is 3.01. The molecular weight excluding hydrogens is 490 g/mol. The van der Waals surface area contributed by atoms with Gasteiger partial charge in [-0.1, -0.05) is 19.3 Å². The maximum absolute atomic E-state index is 12.7. The minimum atomic E-state index is -4.26. The van der Waals surface area contributed by atoms with Crippen LogP contribution in [0, 0.1) is 0 Å². The number of imidazole rings is 1. The number of hydrogen-bond acceptors (Lipinski definition) is 3. The topological polar surface area (TPSA) is 45.5 Å². The van der Waals surface area contributed by atoms with E-state index >= 15 is 0 Å². The Morgan fingerprint density at radius 3 is 2.74 bits per heavy atom. The second-order valence-electron chi connectivity index (χ2n) is 7.00. The lowest BCUT2D eigenvalue weighted by Crippen LogP contribution is -2.53. The molecule has 10 heteroatoms. The van der Waals surface area contributed by atoms with Crippen molar-refractivity contribution in [3.8, 4) is 0 Å². The summed E-state index contributed by atoms with van der Waals surface area (Å²) in [6.07, 6.45) is 4.86. The second kappa shape index (κ2) is 9.71. The van der Waals surface area contributed by atoms with Gasteiger partial charge in [0.05, 0.1) is 6.54 Å². The van der Waals surface area contributed by atoms with Gasteiger partial charge in [0, 0.05) is 43.0 Å². The van der Waals surface area contributed by atoms with Crippen LogP contribution in [-0.4, -0.2) is 57.2 Å². The molecule has 1 aromatic rings. The van der Waals surface area contributed by atoms with Crippen LogP contribution in [0.4, 0.5) is 13.2 Å². The Hall–Kier alpha value is -0.650. The molecule has 1 saturated carbocycles. The molecule has 0 bridgehead atoms. The number of thioether (sulfide) groups is 1. The van der Waals surface area contributed by atoms with Crippen molar-refractivity contribution in [2.75, 3.05) is 25.9 Å². The van der Waals surface area contributed by atoms with Gasteiger partial charge in [-0.2, -0.15) is 24.9 Å². The Labute approximate surface area is 179 Å². The molecule has 1 aliphatic heterocycles. The van der Waals surface area contributed by atoms with Crippen molar-refractivity contribution >= 4 is 41.7 Å². The molecule has 0 unspecified atom stereocenters. The van der Waals surface area contributed by atoms with Crippen LogP contribution in [0.2, 0.25) is 0 Å². The third-order valence-corrected chi connectivity index (χ3v) is 6.62. The first-order valence-electron chi connectivity index (χ1n) is 9.07. The predicted octanol–water partition coefficient (Wildman–Crippen LogP) is 3.89. The summed E-state index contributed by atoms with van der Waals surface area (Å²) in [6.45, 7) is 1.07. The number of rotatable bonds is 3. The van der Waals surface area contributed by atoms with E-state index in [9.17, 15) is 13.2 Å². The third-order valence-electron chi connectivity index (χ3n) is 5.08. The van der Waals surface area contributed by atoms with Crippen LogP contribution in [0.25, 0.3) is 0 Å². The van der Waals surface area contributed by atoms with Gasteiger partial charge in [0.1, 0.15) is 12.4 Å². The zero-order valence-corrected chi connectivity index (χ0v) is 18.6. The van der Waals surface area contributed by atoms with Crippen molar-refractivity contribution in [2.45, 2.75) is 56.1 Å². The molecule has 0 amide bonds. The van der Waals surface area contributed by atoms with E-state index in [1.165, 1.54) is 44.5 Å². The first kappa shape index (κ1) is 22.6. The van der Waals surface area contributed by atoms with Gasteiger partial charge < -0.3 is 14.8 Å². The normalized spacial score (nSPS) is 20.4. The molecule has 3 rings (SSSR count). The molecule has 1 aromatic heterocycles. The summed E-state index contributed by atoms with van der Waals surface area (Å²) in [6, 6.07) is 0. The second-order valence-corrected chi connectivity index (χ2v) is 8.56. The Morgan fingerprint density at radius 2 is 2.07 bits per heavy atom. The molecule has 1 N–H and O–H groups in total. The number of guanidine groups is 1. The lowest BCUT2D eigenvalue weighted by Gasteiger charge is -2.45. The van der Waals surface area contributed by atoms with Crippen LogP contribution in [0.1, 0.15) is 37.9 Å². The maximum Gasteiger partial charge on any atom is 0.406 e. The first-order chi connectivity index (χ1) is 12.4. The van der Waals surface area contributed by atoms with Crippen LogP contribution in [0.3, 0.4) is 0 Å². The summed E-state index contributed by atoms with van der Waals surface area (Å²) in [7, 11) is 1.72. The fourth-order valence-corrected chi connectivity index (χ4v) is 5.43. The SMILES string of the molecule is CN=C(NCc1nccn1CC(F)(F)F)N1CCSC2(CCCCC2)C1.I. The molecule has 0 atom stereocenters. The zero-order chi connectivity index (χ0) is 18.6. The minimum Gasteiger partial charge on any atom is -0.349 e. The number of halogens is 4. The van der Waals surface area contributed by atoms with E-state index in [2.05, 4.69) is 32.0 Å². The number of aromatic nitrogens is 2. The maximum atomic E-state index is 12.7. The number of hydrogen-bond donors (Lipinski definition) is 1. The van der Waals surface area contributed by atoms with Gasteiger partial charge in [0.25, 0.3) is 0 Å². The summed E-state index contributed by atoms with van der Waals surface area (Å²) in [5.74, 6) is 2.17. The van der Waals surface area contributed by atoms with Gasteiger partial charge in [-0.15, -0.1) is 24.0 Å². The summed E-state index contributed by atoms with van der Waals surface area (Å²) in [5.41, 5.74) is 0. The third kappa shape index (κ3) is 6.16. The minimum absolute atomic E-state index is 0. The summed E-state index contributed by atoms with van der Waals surface area (Å²) in [4.78, 5) is 10.7. The van der Waals surface area contributed by atoms with Gasteiger partial charge in [-0.3, -0.25) is 4.99 Å². The molecule has 1 aliphatic carbocycles. The van der Waals surface area contributed by atoms with E-state index in [4.69, 9.17) is 0 Å². The fraction of sp³-hybridized carbons (Fsp3) is 0.765. The van der Waals surface area contributed by atoms with E-state index in [-0.39, 0.29) is 30.5 Å². The molecule has 2 heterocycles. The lowest BCUT2D eigenvalue weighted by molar-refractivity contribution is -0.141. The summed E-state index contributed by atoms with van der Waals surface area (Å²) >= 11 is 2.08. The molecule has 1 spiro atoms. The summed E-state index contributed by atoms with van der Waals surface area (Å²) < 4.78 is 39.4. The molecule has 2 fully saturated rings. The standard InChI is InChI=1S/C17H26F3N5S.HI/c1-21-15(23-11-14-22-7-8-24(14)13-17(18,19)20)25-9-10-26-16(12-25)5-3-2-4-6-16;/h7-8H,2-6,9-13H2,1H3,(H,21,23);1H. The van der Waals surface area contributed by atoms with Crippen LogP contribution in [0.5, 0.6) is 0 Å². The van der Waals surface area contributed by atoms with Crippen LogP contribution < -0.4 is 5.32 Å². The Bertz CT molecular complexity index is 623. The molecule has 1 saturated heterocycles. The largest absolute Gasteiger partial charge is 0.406 e. The molecule has 5 nitrogen and oxygen atoms in total. The van der Waals surface area contributed by atoms with Gasteiger partial charge >= 0.3 is 6.18 Å². The van der Waals surface area contributed by atoms with E-state index in [1.54, 1.807) is 7.05 Å². The smallest absolute Gasteiger partial charge is 0.349 e. The van der Waals surface area contributed by atoms with Crippen molar-refractivity contribution in [3.05, 3.63) is 18.2 Å². The van der Waals surface area contributed by atoms with Crippen molar-refractivity contribution < 1.29 is 13.2 Å². The van der Waals surface area contributed by atoms with Gasteiger partial charge in [0.2, 0.25) is 0 Å². The van der Waals surface area contributed by atoms with Gasteiger partial charge in [0.15, 0.2) is 5.96 Å². The Morgan fingerprint density at radius 1 is 1.33 bits per heavy atom. The zero-order valence-electron chi connectivity index (χ0n) is 15.5. The lowest BCUT2D eigenvalue weighted by atomic mass is 9.87. The number of aliphatic imine (C=N–C) groups is 1. The quantitative estimate of drug-likeness (QED) is 0.376. The van der Waals surface area contributed by atoms with Crippen molar-refractivity contribution in [3.63, 3.8) is 0 Å². The van der Waals surface area contributed by atoms with E-state index in [0.29, 0.717) is 10.6 Å². The number of nitrogens with zero attached hydrogens (tertiary/aromatic N) is 4. The monoisotopic (exact) mass is 517 g/mol. The fourth-order valence-electron chi connectivity index (χ4n) is 3.86. The number of nitrogens with one attached hydrogen (secondary N) is 1. The first-order valence-corrected chi connectivity index (χ1v) is 10.1. The molecule has 2 aliphatic rings. The van der Waals surface area contributed by atoms with Crippen molar-refractivity contribution in [2.24, 2.45) is 4.99 Å². The predicted molar refractivity (Wildman–Crippen MR) is 114 cm³/mol. The Balaban J connectivity index is 0.00000261. The molecular formula is C17H27F3IN5S. The van der Waals surface area contributed by atoms with Gasteiger partial charge in [-0.05, 0) is 12.8 Å². The van der Waals surface area contributed by atoms with E-state index in [0.717, 1.165) is 29.4 Å². The highest BCUT2D eigenvalue weighted by Crippen LogP contribution is 2.42. The highest BCUT2D eigenvalue weighted by Gasteiger charge is 2.38. The Kier molecular flexibility index (Phi) is 8.14. The van der Waals surface area contributed by atoms with Crippen LogP contribution >= 0.6 is 35.7 Å². The molecule has 0 radical (unpaired) electrons. The van der Waals surface area contributed by atoms with Gasteiger partial charge in [-0.25, -0.2) is 4.98 Å². The van der Waals surface area contributed by atoms with E-state index < -0.39 is 12.7 Å². The van der Waals surface area contributed by atoms with Crippen molar-refractivity contribution in [1.29, 1.82) is 0 Å². The molecule has 154 valence electrons. The highest BCUT2D eigenvalue weighted by atomic mass is 127. The van der Waals surface area contributed by atoms with Crippen LogP contribution in [0.15, 0.2) is 17.4 Å². The number of alkyl halides is 3. The molecule has 27 heavy (non-hydrogen) atoms. The van der Waals surface area contributed by atoms with E-state index in [1.807, 2.05) is 0 Å². The van der Waals surface area contributed by atoms with Crippen molar-refractivity contribution in [1.82, 2.24) is 19.8 Å². The average molecular weight is 517 g/mol. The molecule has 0 aromatic carbocycles.